The summed E-state index contributed by atoms with van der Waals surface area (Å²) >= 11 is 0. The lowest BCUT2D eigenvalue weighted by molar-refractivity contribution is 0.400. The van der Waals surface area contributed by atoms with Crippen molar-refractivity contribution in [3.63, 3.8) is 0 Å². The van der Waals surface area contributed by atoms with Crippen LogP contribution in [-0.2, 0) is 6.42 Å². The second kappa shape index (κ2) is 5.41. The van der Waals surface area contributed by atoms with E-state index in [1.807, 2.05) is 12.1 Å². The first kappa shape index (κ1) is 12.8. The summed E-state index contributed by atoms with van der Waals surface area (Å²) in [7, 11) is 1.58. The van der Waals surface area contributed by atoms with Crippen molar-refractivity contribution in [1.82, 2.24) is 4.98 Å². The van der Waals surface area contributed by atoms with Crippen molar-refractivity contribution < 1.29 is 4.74 Å². The van der Waals surface area contributed by atoms with Crippen molar-refractivity contribution in [2.75, 3.05) is 18.2 Å². The van der Waals surface area contributed by atoms with E-state index in [2.05, 4.69) is 34.6 Å². The van der Waals surface area contributed by atoms with Gasteiger partial charge in [-0.2, -0.15) is 4.98 Å². The molecule has 1 unspecified atom stereocenters. The van der Waals surface area contributed by atoms with Crippen LogP contribution in [0.25, 0.3) is 0 Å². The molecule has 3 N–H and O–H groups in total. The molecule has 0 aliphatic heterocycles. The second-order valence-electron chi connectivity index (χ2n) is 5.08. The fourth-order valence-corrected chi connectivity index (χ4v) is 2.78. The largest absolute Gasteiger partial charge is 0.479 e. The molecule has 1 aliphatic carbocycles. The van der Waals surface area contributed by atoms with Gasteiger partial charge >= 0.3 is 0 Å². The lowest BCUT2D eigenvalue weighted by Gasteiger charge is -2.26. The number of benzene rings is 1. The molecular formula is C16H19N3O. The number of nitrogens with two attached hydrogens (primary N) is 1. The first-order valence-electron chi connectivity index (χ1n) is 6.93. The van der Waals surface area contributed by atoms with Crippen LogP contribution >= 0.6 is 0 Å². The number of hydrogen-bond acceptors (Lipinski definition) is 4. The Balaban J connectivity index is 1.85. The molecule has 0 fully saturated rings. The van der Waals surface area contributed by atoms with E-state index in [4.69, 9.17) is 10.5 Å². The number of hydrogen-bond donors (Lipinski definition) is 2. The number of pyridine rings is 1. The number of nitrogens with one attached hydrogen (secondary N) is 1. The van der Waals surface area contributed by atoms with Crippen LogP contribution in [0, 0.1) is 0 Å². The summed E-state index contributed by atoms with van der Waals surface area (Å²) in [6.07, 6.45) is 3.47. The molecule has 3 rings (SSSR count). The SMILES string of the molecule is COc1nc(NC2CCCc3ccccc32)ccc1N. The van der Waals surface area contributed by atoms with E-state index in [1.54, 1.807) is 7.11 Å². The van der Waals surface area contributed by atoms with E-state index in [9.17, 15) is 0 Å². The Bertz CT molecular complexity index is 612. The van der Waals surface area contributed by atoms with Crippen molar-refractivity contribution in [1.29, 1.82) is 0 Å². The first-order chi connectivity index (χ1) is 9.78. The Hall–Kier alpha value is -2.23. The van der Waals surface area contributed by atoms with E-state index in [1.165, 1.54) is 17.5 Å². The third-order valence-corrected chi connectivity index (χ3v) is 3.77. The van der Waals surface area contributed by atoms with Gasteiger partial charge in [-0.1, -0.05) is 24.3 Å². The number of fused-ring (bicyclic) bond motifs is 1. The van der Waals surface area contributed by atoms with Crippen LogP contribution < -0.4 is 15.8 Å². The van der Waals surface area contributed by atoms with Gasteiger partial charge in [0.2, 0.25) is 5.88 Å². The minimum absolute atomic E-state index is 0.306. The van der Waals surface area contributed by atoms with Gasteiger partial charge in [0.25, 0.3) is 0 Å². The van der Waals surface area contributed by atoms with Gasteiger partial charge in [-0.3, -0.25) is 0 Å². The predicted molar refractivity (Wildman–Crippen MR) is 80.9 cm³/mol. The van der Waals surface area contributed by atoms with Gasteiger partial charge in [-0.15, -0.1) is 0 Å². The summed E-state index contributed by atoms with van der Waals surface area (Å²) in [5.74, 6) is 1.27. The Morgan fingerprint density at radius 1 is 1.25 bits per heavy atom. The second-order valence-corrected chi connectivity index (χ2v) is 5.08. The highest BCUT2D eigenvalue weighted by atomic mass is 16.5. The molecule has 1 aromatic carbocycles. The van der Waals surface area contributed by atoms with Gasteiger partial charge < -0.3 is 15.8 Å². The maximum atomic E-state index is 5.79. The van der Waals surface area contributed by atoms with Crippen LogP contribution in [0.1, 0.15) is 30.0 Å². The van der Waals surface area contributed by atoms with Gasteiger partial charge in [0.05, 0.1) is 18.8 Å². The van der Waals surface area contributed by atoms with E-state index in [-0.39, 0.29) is 0 Å². The molecule has 0 bridgehead atoms. The Kier molecular flexibility index (Phi) is 3.46. The monoisotopic (exact) mass is 269 g/mol. The molecule has 1 aliphatic rings. The normalized spacial score (nSPS) is 17.4. The number of nitrogen functional groups attached to an aromatic ring is 1. The Labute approximate surface area is 119 Å². The fourth-order valence-electron chi connectivity index (χ4n) is 2.78. The molecule has 2 aromatic rings. The lowest BCUT2D eigenvalue weighted by Crippen LogP contribution is -2.18. The van der Waals surface area contributed by atoms with Crippen LogP contribution in [0.5, 0.6) is 5.88 Å². The van der Waals surface area contributed by atoms with E-state index < -0.39 is 0 Å². The van der Waals surface area contributed by atoms with Crippen LogP contribution in [0.2, 0.25) is 0 Å². The van der Waals surface area contributed by atoms with Crippen molar-refractivity contribution in [3.8, 4) is 5.88 Å². The molecule has 0 radical (unpaired) electrons. The van der Waals surface area contributed by atoms with E-state index in [0.717, 1.165) is 18.7 Å². The number of nitrogens with zero attached hydrogens (tertiary/aromatic N) is 1. The minimum atomic E-state index is 0.306. The van der Waals surface area contributed by atoms with Crippen LogP contribution in [0.3, 0.4) is 0 Å². The molecule has 0 spiro atoms. The van der Waals surface area contributed by atoms with Crippen molar-refractivity contribution in [3.05, 3.63) is 47.5 Å². The maximum absolute atomic E-state index is 5.79. The summed E-state index contributed by atoms with van der Waals surface area (Å²) in [5, 5.41) is 3.49. The van der Waals surface area contributed by atoms with Crippen LogP contribution in [-0.4, -0.2) is 12.1 Å². The quantitative estimate of drug-likeness (QED) is 0.898. The molecule has 20 heavy (non-hydrogen) atoms. The third-order valence-electron chi connectivity index (χ3n) is 3.77. The number of ether oxygens (including phenoxy) is 1. The Morgan fingerprint density at radius 2 is 2.10 bits per heavy atom. The highest BCUT2D eigenvalue weighted by Gasteiger charge is 2.20. The summed E-state index contributed by atoms with van der Waals surface area (Å²) < 4.78 is 5.17. The minimum Gasteiger partial charge on any atom is -0.479 e. The average molecular weight is 269 g/mol. The summed E-state index contributed by atoms with van der Waals surface area (Å²) in [5.41, 5.74) is 9.15. The molecule has 4 nitrogen and oxygen atoms in total. The summed E-state index contributed by atoms with van der Waals surface area (Å²) in [4.78, 5) is 4.40. The zero-order chi connectivity index (χ0) is 13.9. The topological polar surface area (TPSA) is 60.2 Å². The van der Waals surface area contributed by atoms with E-state index >= 15 is 0 Å². The number of rotatable bonds is 3. The highest BCUT2D eigenvalue weighted by Crippen LogP contribution is 2.32. The summed E-state index contributed by atoms with van der Waals surface area (Å²) in [6.45, 7) is 0. The lowest BCUT2D eigenvalue weighted by atomic mass is 9.88. The molecule has 1 heterocycles. The van der Waals surface area contributed by atoms with Crippen LogP contribution in [0.4, 0.5) is 11.5 Å². The highest BCUT2D eigenvalue weighted by molar-refractivity contribution is 5.54. The van der Waals surface area contributed by atoms with Crippen molar-refractivity contribution >= 4 is 11.5 Å². The van der Waals surface area contributed by atoms with Crippen molar-refractivity contribution in [2.24, 2.45) is 0 Å². The van der Waals surface area contributed by atoms with E-state index in [0.29, 0.717) is 17.6 Å². The van der Waals surface area contributed by atoms with Gasteiger partial charge in [0, 0.05) is 0 Å². The maximum Gasteiger partial charge on any atom is 0.238 e. The molecule has 1 atom stereocenters. The molecule has 0 saturated heterocycles. The first-order valence-corrected chi connectivity index (χ1v) is 6.93. The fraction of sp³-hybridized carbons (Fsp3) is 0.312. The Morgan fingerprint density at radius 3 is 2.95 bits per heavy atom. The number of anilines is 2. The standard InChI is InChI=1S/C16H19N3O/c1-20-16-13(17)9-10-15(19-16)18-14-8-4-6-11-5-2-3-7-12(11)14/h2-3,5,7,9-10,14H,4,6,8,17H2,1H3,(H,18,19). The molecular weight excluding hydrogens is 250 g/mol. The molecule has 104 valence electrons. The van der Waals surface area contributed by atoms with Gasteiger partial charge in [-0.25, -0.2) is 0 Å². The smallest absolute Gasteiger partial charge is 0.238 e. The number of aryl methyl sites for hydroxylation is 1. The van der Waals surface area contributed by atoms with Crippen LogP contribution in [0.15, 0.2) is 36.4 Å². The summed E-state index contributed by atoms with van der Waals surface area (Å²) in [6, 6.07) is 12.6. The average Bonchev–Trinajstić information content (AvgIpc) is 2.49. The zero-order valence-electron chi connectivity index (χ0n) is 11.6. The third kappa shape index (κ3) is 2.41. The van der Waals surface area contributed by atoms with Crippen molar-refractivity contribution in [2.45, 2.75) is 25.3 Å². The van der Waals surface area contributed by atoms with Gasteiger partial charge in [0.15, 0.2) is 0 Å². The molecule has 0 amide bonds. The molecule has 1 aromatic heterocycles. The van der Waals surface area contributed by atoms with Gasteiger partial charge in [-0.05, 0) is 42.5 Å². The molecule has 0 saturated carbocycles. The molecule has 4 heteroatoms. The number of aromatic nitrogens is 1. The predicted octanol–water partition coefficient (Wildman–Crippen LogP) is 3.16. The number of methoxy groups -OCH3 is 1. The zero-order valence-corrected chi connectivity index (χ0v) is 11.6. The van der Waals surface area contributed by atoms with Gasteiger partial charge in [0.1, 0.15) is 5.82 Å².